The van der Waals surface area contributed by atoms with Crippen molar-refractivity contribution < 1.29 is 19.5 Å². The fourth-order valence-corrected chi connectivity index (χ4v) is 4.62. The van der Waals surface area contributed by atoms with Crippen LogP contribution in [0.1, 0.15) is 48.8 Å². The van der Waals surface area contributed by atoms with Gasteiger partial charge in [-0.2, -0.15) is 0 Å². The van der Waals surface area contributed by atoms with Crippen LogP contribution in [0, 0.1) is 20.8 Å². The van der Waals surface area contributed by atoms with Gasteiger partial charge in [0.2, 0.25) is 0 Å². The van der Waals surface area contributed by atoms with E-state index in [0.717, 1.165) is 11.3 Å². The number of hydrogen-bond acceptors (Lipinski definition) is 4. The van der Waals surface area contributed by atoms with Gasteiger partial charge in [0, 0.05) is 33.9 Å². The average molecular weight is 507 g/mol. The van der Waals surface area contributed by atoms with E-state index in [9.17, 15) is 19.5 Å². The van der Waals surface area contributed by atoms with Crippen molar-refractivity contribution in [3.05, 3.63) is 106 Å². The number of carboxylic acid groups (broad SMARTS) is 1. The molecule has 1 aromatic heterocycles. The summed E-state index contributed by atoms with van der Waals surface area (Å²) < 4.78 is 0. The van der Waals surface area contributed by atoms with Crippen molar-refractivity contribution >= 4 is 52.2 Å². The van der Waals surface area contributed by atoms with E-state index in [1.165, 1.54) is 0 Å². The minimum Gasteiger partial charge on any atom is -0.478 e. The molecule has 8 heteroatoms. The fourth-order valence-electron chi connectivity index (χ4n) is 4.62. The predicted molar refractivity (Wildman–Crippen MR) is 149 cm³/mol. The molecule has 38 heavy (non-hydrogen) atoms. The van der Waals surface area contributed by atoms with Crippen LogP contribution in [0.15, 0.2) is 66.7 Å². The van der Waals surface area contributed by atoms with Gasteiger partial charge in [-0.1, -0.05) is 36.4 Å². The van der Waals surface area contributed by atoms with E-state index in [0.29, 0.717) is 50.7 Å². The average Bonchev–Trinajstić information content (AvgIpc) is 3.37. The lowest BCUT2D eigenvalue weighted by Gasteiger charge is -2.15. The Hall–Kier alpha value is -5.11. The summed E-state index contributed by atoms with van der Waals surface area (Å²) in [5.41, 5.74) is 7.28. The number of aromatic carboxylic acids is 1. The Labute approximate surface area is 219 Å². The number of H-pyrrole nitrogens is 1. The molecule has 3 aromatic carbocycles. The fraction of sp³-hybridized carbons (Fsp3) is 0.100. The Morgan fingerprint density at radius 3 is 2.39 bits per heavy atom. The Bertz CT molecular complexity index is 1630. The van der Waals surface area contributed by atoms with Crippen LogP contribution in [0.25, 0.3) is 11.6 Å². The van der Waals surface area contributed by atoms with Crippen LogP contribution < -0.4 is 16.0 Å². The van der Waals surface area contributed by atoms with E-state index >= 15 is 0 Å². The van der Waals surface area contributed by atoms with Crippen molar-refractivity contribution in [3.63, 3.8) is 0 Å². The Kier molecular flexibility index (Phi) is 6.30. The van der Waals surface area contributed by atoms with Crippen LogP contribution in [-0.2, 0) is 4.79 Å². The zero-order chi connectivity index (χ0) is 27.0. The smallest absolute Gasteiger partial charge is 0.337 e. The van der Waals surface area contributed by atoms with Crippen molar-refractivity contribution in [1.82, 2.24) is 4.98 Å². The van der Waals surface area contributed by atoms with Crippen molar-refractivity contribution in [1.29, 1.82) is 0 Å². The number of carbonyl (C=O) groups excluding carboxylic acids is 2. The monoisotopic (exact) mass is 506 g/mol. The molecule has 0 fully saturated rings. The molecule has 190 valence electrons. The quantitative estimate of drug-likeness (QED) is 0.201. The molecule has 0 radical (unpaired) electrons. The number of rotatable bonds is 6. The van der Waals surface area contributed by atoms with E-state index in [1.54, 1.807) is 32.1 Å². The summed E-state index contributed by atoms with van der Waals surface area (Å²) in [6, 6.07) is 20.1. The minimum absolute atomic E-state index is 0.205. The van der Waals surface area contributed by atoms with E-state index in [4.69, 9.17) is 0 Å². The Morgan fingerprint density at radius 1 is 0.921 bits per heavy atom. The Balaban J connectivity index is 1.45. The number of hydrogen-bond donors (Lipinski definition) is 5. The minimum atomic E-state index is -1.01. The first-order valence-electron chi connectivity index (χ1n) is 12.1. The zero-order valence-corrected chi connectivity index (χ0v) is 21.1. The van der Waals surface area contributed by atoms with Gasteiger partial charge < -0.3 is 26.0 Å². The molecule has 0 spiro atoms. The van der Waals surface area contributed by atoms with Gasteiger partial charge in [-0.3, -0.25) is 9.59 Å². The summed E-state index contributed by atoms with van der Waals surface area (Å²) in [5.74, 6) is -1.50. The molecule has 0 bridgehead atoms. The number of carboxylic acids is 1. The summed E-state index contributed by atoms with van der Waals surface area (Å²) in [5, 5.41) is 18.8. The number of nitrogens with one attached hydrogen (secondary N) is 4. The number of aryl methyl sites for hydroxylation is 2. The van der Waals surface area contributed by atoms with E-state index in [-0.39, 0.29) is 17.4 Å². The number of anilines is 4. The molecular formula is C30H26N4O4. The van der Waals surface area contributed by atoms with Crippen LogP contribution in [0.4, 0.5) is 22.7 Å². The van der Waals surface area contributed by atoms with Gasteiger partial charge in [-0.05, 0) is 68.3 Å². The number of amides is 2. The summed E-state index contributed by atoms with van der Waals surface area (Å²) in [4.78, 5) is 40.3. The third-order valence-corrected chi connectivity index (χ3v) is 6.62. The van der Waals surface area contributed by atoms with Gasteiger partial charge in [-0.25, -0.2) is 4.79 Å². The summed E-state index contributed by atoms with van der Waals surface area (Å²) in [6.45, 7) is 5.37. The van der Waals surface area contributed by atoms with Crippen molar-refractivity contribution in [3.8, 4) is 0 Å². The van der Waals surface area contributed by atoms with E-state index in [2.05, 4.69) is 20.9 Å². The molecule has 1 aliphatic heterocycles. The van der Waals surface area contributed by atoms with Gasteiger partial charge in [0.05, 0.1) is 22.5 Å². The normalized spacial score (nSPS) is 13.2. The van der Waals surface area contributed by atoms with Gasteiger partial charge in [0.15, 0.2) is 0 Å². The second-order valence-corrected chi connectivity index (χ2v) is 9.18. The topological polar surface area (TPSA) is 123 Å². The number of para-hydroxylation sites is 1. The number of carbonyl (C=O) groups is 3. The molecule has 4 aromatic rings. The number of aromatic nitrogens is 1. The molecule has 0 saturated carbocycles. The van der Waals surface area contributed by atoms with Crippen LogP contribution >= 0.6 is 0 Å². The molecule has 2 heterocycles. The predicted octanol–water partition coefficient (Wildman–Crippen LogP) is 6.13. The molecular weight excluding hydrogens is 480 g/mol. The maximum absolute atomic E-state index is 13.0. The second-order valence-electron chi connectivity index (χ2n) is 9.18. The number of benzene rings is 3. The standard InChI is InChI=1S/C30H26N4O4/c1-16-12-13-20(32-28(35)19-8-5-4-6-9-19)14-24(16)33-23-11-7-10-21-22(29(36)34-27(21)23)15-25-17(2)26(30(37)38)18(3)31-25/h4-15,31,33H,1-3H3,(H,32,35)(H,34,36)(H,37,38)/b22-15+. The van der Waals surface area contributed by atoms with Crippen LogP contribution in [-0.4, -0.2) is 27.9 Å². The van der Waals surface area contributed by atoms with Gasteiger partial charge in [-0.15, -0.1) is 0 Å². The molecule has 0 atom stereocenters. The SMILES string of the molecule is Cc1ccc(NC(=O)c2ccccc2)cc1Nc1cccc2c1NC(=O)/C2=C/c1[nH]c(C)c(C(=O)O)c1C. The lowest BCUT2D eigenvalue weighted by Crippen LogP contribution is -2.12. The van der Waals surface area contributed by atoms with Crippen molar-refractivity contribution in [2.24, 2.45) is 0 Å². The zero-order valence-electron chi connectivity index (χ0n) is 21.1. The van der Waals surface area contributed by atoms with Gasteiger partial charge in [0.1, 0.15) is 0 Å². The van der Waals surface area contributed by atoms with Crippen molar-refractivity contribution in [2.45, 2.75) is 20.8 Å². The summed E-state index contributed by atoms with van der Waals surface area (Å²) >= 11 is 0. The lowest BCUT2D eigenvalue weighted by molar-refractivity contribution is -0.110. The molecule has 5 N–H and O–H groups in total. The Morgan fingerprint density at radius 2 is 1.68 bits per heavy atom. The highest BCUT2D eigenvalue weighted by Gasteiger charge is 2.28. The highest BCUT2D eigenvalue weighted by molar-refractivity contribution is 6.36. The molecule has 1 aliphatic rings. The van der Waals surface area contributed by atoms with Crippen LogP contribution in [0.3, 0.4) is 0 Å². The summed E-state index contributed by atoms with van der Waals surface area (Å²) in [6.07, 6.45) is 1.69. The molecule has 0 aliphatic carbocycles. The summed E-state index contributed by atoms with van der Waals surface area (Å²) in [7, 11) is 0. The van der Waals surface area contributed by atoms with E-state index in [1.807, 2.05) is 61.5 Å². The van der Waals surface area contributed by atoms with Gasteiger partial charge >= 0.3 is 5.97 Å². The first-order valence-corrected chi connectivity index (χ1v) is 12.1. The van der Waals surface area contributed by atoms with Crippen LogP contribution in [0.5, 0.6) is 0 Å². The number of aromatic amines is 1. The second kappa shape index (κ2) is 9.74. The van der Waals surface area contributed by atoms with Crippen molar-refractivity contribution in [2.75, 3.05) is 16.0 Å². The third kappa shape index (κ3) is 4.55. The van der Waals surface area contributed by atoms with Gasteiger partial charge in [0.25, 0.3) is 11.8 Å². The third-order valence-electron chi connectivity index (χ3n) is 6.62. The number of fused-ring (bicyclic) bond motifs is 1. The maximum Gasteiger partial charge on any atom is 0.337 e. The first kappa shape index (κ1) is 24.6. The molecule has 0 saturated heterocycles. The highest BCUT2D eigenvalue weighted by Crippen LogP contribution is 2.40. The first-order chi connectivity index (χ1) is 18.2. The molecule has 8 nitrogen and oxygen atoms in total. The van der Waals surface area contributed by atoms with E-state index < -0.39 is 5.97 Å². The highest BCUT2D eigenvalue weighted by atomic mass is 16.4. The lowest BCUT2D eigenvalue weighted by atomic mass is 10.0. The molecule has 0 unspecified atom stereocenters. The largest absolute Gasteiger partial charge is 0.478 e. The maximum atomic E-state index is 13.0. The molecule has 2 amide bonds. The molecule has 5 rings (SSSR count). The van der Waals surface area contributed by atoms with Crippen LogP contribution in [0.2, 0.25) is 0 Å².